The predicted molar refractivity (Wildman–Crippen MR) is 90.6 cm³/mol. The van der Waals surface area contributed by atoms with Crippen LogP contribution >= 0.6 is 15.9 Å². The summed E-state index contributed by atoms with van der Waals surface area (Å²) in [6.07, 6.45) is 0. The van der Waals surface area contributed by atoms with Gasteiger partial charge in [-0.2, -0.15) is 0 Å². The SMILES string of the molecule is CCOC(=O)COc1cccc(NC(=O)c2ccc(Br)cc2F)c1. The molecule has 0 bridgehead atoms. The van der Waals surface area contributed by atoms with Gasteiger partial charge in [0.1, 0.15) is 11.6 Å². The molecular weight excluding hydrogens is 381 g/mol. The van der Waals surface area contributed by atoms with Crippen molar-refractivity contribution in [2.75, 3.05) is 18.5 Å². The highest BCUT2D eigenvalue weighted by Gasteiger charge is 2.12. The van der Waals surface area contributed by atoms with Crippen LogP contribution in [0.4, 0.5) is 10.1 Å². The Labute approximate surface area is 146 Å². The first-order valence-corrected chi connectivity index (χ1v) is 7.93. The van der Waals surface area contributed by atoms with Crippen molar-refractivity contribution in [2.24, 2.45) is 0 Å². The lowest BCUT2D eigenvalue weighted by atomic mass is 10.2. The molecule has 0 aliphatic rings. The van der Waals surface area contributed by atoms with Crippen LogP contribution in [0.2, 0.25) is 0 Å². The average Bonchev–Trinajstić information content (AvgIpc) is 2.53. The number of nitrogens with one attached hydrogen (secondary N) is 1. The van der Waals surface area contributed by atoms with E-state index in [9.17, 15) is 14.0 Å². The maximum absolute atomic E-state index is 13.8. The molecule has 0 aromatic heterocycles. The summed E-state index contributed by atoms with van der Waals surface area (Å²) in [5.74, 6) is -1.31. The lowest BCUT2D eigenvalue weighted by Crippen LogP contribution is -2.15. The molecule has 2 aromatic carbocycles. The Morgan fingerprint density at radius 2 is 2.00 bits per heavy atom. The van der Waals surface area contributed by atoms with Crippen LogP contribution in [0.15, 0.2) is 46.9 Å². The zero-order chi connectivity index (χ0) is 17.5. The molecule has 24 heavy (non-hydrogen) atoms. The Bertz CT molecular complexity index is 751. The number of carbonyl (C=O) groups is 2. The molecule has 1 amide bonds. The van der Waals surface area contributed by atoms with Gasteiger partial charge in [0, 0.05) is 16.2 Å². The largest absolute Gasteiger partial charge is 0.482 e. The lowest BCUT2D eigenvalue weighted by Gasteiger charge is -2.09. The van der Waals surface area contributed by atoms with Crippen LogP contribution in [0.25, 0.3) is 0 Å². The summed E-state index contributed by atoms with van der Waals surface area (Å²) in [7, 11) is 0. The Hall–Kier alpha value is -2.41. The quantitative estimate of drug-likeness (QED) is 0.755. The van der Waals surface area contributed by atoms with Crippen molar-refractivity contribution in [3.63, 3.8) is 0 Å². The number of benzene rings is 2. The van der Waals surface area contributed by atoms with Crippen molar-refractivity contribution in [2.45, 2.75) is 6.92 Å². The fourth-order valence-corrected chi connectivity index (χ4v) is 2.21. The number of carbonyl (C=O) groups excluding carboxylic acids is 2. The third-order valence-electron chi connectivity index (χ3n) is 2.93. The van der Waals surface area contributed by atoms with Gasteiger partial charge in [0.25, 0.3) is 5.91 Å². The van der Waals surface area contributed by atoms with Gasteiger partial charge in [-0.25, -0.2) is 9.18 Å². The first-order valence-electron chi connectivity index (χ1n) is 7.14. The van der Waals surface area contributed by atoms with Crippen molar-refractivity contribution >= 4 is 33.5 Å². The van der Waals surface area contributed by atoms with E-state index in [0.717, 1.165) is 0 Å². The third-order valence-corrected chi connectivity index (χ3v) is 3.42. The van der Waals surface area contributed by atoms with Gasteiger partial charge in [-0.15, -0.1) is 0 Å². The molecule has 0 aliphatic heterocycles. The van der Waals surface area contributed by atoms with Gasteiger partial charge < -0.3 is 14.8 Å². The summed E-state index contributed by atoms with van der Waals surface area (Å²) in [5.41, 5.74) is 0.347. The van der Waals surface area contributed by atoms with E-state index >= 15 is 0 Å². The minimum Gasteiger partial charge on any atom is -0.482 e. The molecule has 0 saturated heterocycles. The molecule has 0 heterocycles. The first-order chi connectivity index (χ1) is 11.5. The van der Waals surface area contributed by atoms with Gasteiger partial charge in [0.05, 0.1) is 12.2 Å². The minimum atomic E-state index is -0.628. The molecule has 0 saturated carbocycles. The molecule has 7 heteroatoms. The molecule has 2 rings (SSSR count). The molecule has 5 nitrogen and oxygen atoms in total. The van der Waals surface area contributed by atoms with Crippen LogP contribution in [0.1, 0.15) is 17.3 Å². The number of hydrogen-bond donors (Lipinski definition) is 1. The minimum absolute atomic E-state index is 0.0731. The second-order valence-electron chi connectivity index (χ2n) is 4.70. The van der Waals surface area contributed by atoms with E-state index in [2.05, 4.69) is 21.2 Å². The second-order valence-corrected chi connectivity index (χ2v) is 5.62. The second kappa shape index (κ2) is 8.44. The topological polar surface area (TPSA) is 64.6 Å². The average molecular weight is 396 g/mol. The van der Waals surface area contributed by atoms with Gasteiger partial charge in [0.15, 0.2) is 6.61 Å². The van der Waals surface area contributed by atoms with Crippen LogP contribution in [-0.2, 0) is 9.53 Å². The molecule has 0 radical (unpaired) electrons. The maximum atomic E-state index is 13.8. The van der Waals surface area contributed by atoms with Gasteiger partial charge in [-0.1, -0.05) is 22.0 Å². The van der Waals surface area contributed by atoms with Crippen molar-refractivity contribution < 1.29 is 23.5 Å². The van der Waals surface area contributed by atoms with E-state index in [1.54, 1.807) is 31.2 Å². The molecule has 126 valence electrons. The molecule has 0 unspecified atom stereocenters. The normalized spacial score (nSPS) is 10.1. The summed E-state index contributed by atoms with van der Waals surface area (Å²) in [6.45, 7) is 1.75. The Balaban J connectivity index is 2.03. The summed E-state index contributed by atoms with van der Waals surface area (Å²) in [4.78, 5) is 23.4. The number of ether oxygens (including phenoxy) is 2. The standard InChI is InChI=1S/C17H15BrFNO4/c1-2-23-16(21)10-24-13-5-3-4-12(9-13)20-17(22)14-7-6-11(18)8-15(14)19/h3-9H,2,10H2,1H3,(H,20,22). The van der Waals surface area contributed by atoms with Gasteiger partial charge >= 0.3 is 5.97 Å². The van der Waals surface area contributed by atoms with E-state index in [1.807, 2.05) is 0 Å². The number of esters is 1. The molecule has 1 N–H and O–H groups in total. The summed E-state index contributed by atoms with van der Waals surface area (Å²) >= 11 is 3.14. The smallest absolute Gasteiger partial charge is 0.344 e. The monoisotopic (exact) mass is 395 g/mol. The van der Waals surface area contributed by atoms with Crippen LogP contribution in [-0.4, -0.2) is 25.1 Å². The van der Waals surface area contributed by atoms with E-state index in [4.69, 9.17) is 9.47 Å². The number of amides is 1. The van der Waals surface area contributed by atoms with Crippen LogP contribution in [0.3, 0.4) is 0 Å². The molecule has 0 atom stereocenters. The van der Waals surface area contributed by atoms with Crippen LogP contribution in [0.5, 0.6) is 5.75 Å². The highest BCUT2D eigenvalue weighted by atomic mass is 79.9. The Kier molecular flexibility index (Phi) is 6.31. The Morgan fingerprint density at radius 1 is 1.21 bits per heavy atom. The van der Waals surface area contributed by atoms with E-state index in [1.165, 1.54) is 18.2 Å². The van der Waals surface area contributed by atoms with E-state index in [0.29, 0.717) is 15.9 Å². The van der Waals surface area contributed by atoms with Crippen LogP contribution < -0.4 is 10.1 Å². The number of halogens is 2. The highest BCUT2D eigenvalue weighted by molar-refractivity contribution is 9.10. The van der Waals surface area contributed by atoms with Crippen molar-refractivity contribution in [3.05, 3.63) is 58.3 Å². The lowest BCUT2D eigenvalue weighted by molar-refractivity contribution is -0.145. The van der Waals surface area contributed by atoms with Gasteiger partial charge in [-0.3, -0.25) is 4.79 Å². The van der Waals surface area contributed by atoms with Gasteiger partial charge in [-0.05, 0) is 37.3 Å². The molecule has 0 fully saturated rings. The van der Waals surface area contributed by atoms with Crippen molar-refractivity contribution in [3.8, 4) is 5.75 Å². The van der Waals surface area contributed by atoms with E-state index in [-0.39, 0.29) is 18.8 Å². The number of anilines is 1. The zero-order valence-corrected chi connectivity index (χ0v) is 14.4. The maximum Gasteiger partial charge on any atom is 0.344 e. The number of hydrogen-bond acceptors (Lipinski definition) is 4. The highest BCUT2D eigenvalue weighted by Crippen LogP contribution is 2.20. The summed E-state index contributed by atoms with van der Waals surface area (Å²) in [5, 5.41) is 2.58. The Morgan fingerprint density at radius 3 is 2.71 bits per heavy atom. The zero-order valence-electron chi connectivity index (χ0n) is 12.8. The third kappa shape index (κ3) is 5.06. The molecular formula is C17H15BrFNO4. The fraction of sp³-hybridized carbons (Fsp3) is 0.176. The van der Waals surface area contributed by atoms with E-state index < -0.39 is 17.7 Å². The number of rotatable bonds is 6. The first kappa shape index (κ1) is 17.9. The van der Waals surface area contributed by atoms with Gasteiger partial charge in [0.2, 0.25) is 0 Å². The summed E-state index contributed by atoms with van der Waals surface area (Å²) in [6, 6.07) is 10.6. The predicted octanol–water partition coefficient (Wildman–Crippen LogP) is 3.78. The molecule has 2 aromatic rings. The fourth-order valence-electron chi connectivity index (χ4n) is 1.88. The van der Waals surface area contributed by atoms with Crippen molar-refractivity contribution in [1.29, 1.82) is 0 Å². The van der Waals surface area contributed by atoms with Crippen LogP contribution in [0, 0.1) is 5.82 Å². The summed E-state index contributed by atoms with van der Waals surface area (Å²) < 4.78 is 24.4. The molecule has 0 spiro atoms. The molecule has 0 aliphatic carbocycles. The van der Waals surface area contributed by atoms with Crippen molar-refractivity contribution in [1.82, 2.24) is 0 Å².